The van der Waals surface area contributed by atoms with Crippen molar-refractivity contribution in [1.82, 2.24) is 0 Å². The Kier molecular flexibility index (Phi) is 4.13. The van der Waals surface area contributed by atoms with Gasteiger partial charge in [-0.3, -0.25) is 0 Å². The summed E-state index contributed by atoms with van der Waals surface area (Å²) in [6.07, 6.45) is 1.50. The van der Waals surface area contributed by atoms with Crippen molar-refractivity contribution in [2.24, 2.45) is 5.73 Å². The number of nitrogens with two attached hydrogens (primary N) is 1. The summed E-state index contributed by atoms with van der Waals surface area (Å²) in [5.41, 5.74) is 8.39. The van der Waals surface area contributed by atoms with Crippen LogP contribution in [0.2, 0.25) is 5.02 Å². The van der Waals surface area contributed by atoms with Crippen molar-refractivity contribution in [2.45, 2.75) is 24.8 Å². The third-order valence-electron chi connectivity index (χ3n) is 3.98. The van der Waals surface area contributed by atoms with Crippen LogP contribution in [0.25, 0.3) is 0 Å². The normalized spacial score (nSPS) is 18.7. The Morgan fingerprint density at radius 1 is 1.29 bits per heavy atom. The zero-order valence-corrected chi connectivity index (χ0v) is 12.3. The SMILES string of the molecule is NC(Cc1ccc(Cl)c(F)c1)C1CCOc2ccccc21. The van der Waals surface area contributed by atoms with Gasteiger partial charge in [0.1, 0.15) is 11.6 Å². The number of halogens is 2. The van der Waals surface area contributed by atoms with E-state index in [0.29, 0.717) is 13.0 Å². The van der Waals surface area contributed by atoms with Crippen LogP contribution < -0.4 is 10.5 Å². The Labute approximate surface area is 128 Å². The van der Waals surface area contributed by atoms with Crippen LogP contribution >= 0.6 is 11.6 Å². The van der Waals surface area contributed by atoms with E-state index in [0.717, 1.165) is 23.3 Å². The van der Waals surface area contributed by atoms with E-state index in [1.165, 1.54) is 6.07 Å². The monoisotopic (exact) mass is 305 g/mol. The Morgan fingerprint density at radius 2 is 2.10 bits per heavy atom. The number of para-hydroxylation sites is 1. The molecule has 1 aliphatic rings. The number of hydrogen-bond donors (Lipinski definition) is 1. The minimum absolute atomic E-state index is 0.0735. The molecule has 0 radical (unpaired) electrons. The third kappa shape index (κ3) is 3.04. The molecule has 2 atom stereocenters. The molecule has 0 amide bonds. The summed E-state index contributed by atoms with van der Waals surface area (Å²) in [6, 6.07) is 12.8. The van der Waals surface area contributed by atoms with Crippen LogP contribution in [-0.2, 0) is 6.42 Å². The van der Waals surface area contributed by atoms with Crippen molar-refractivity contribution in [1.29, 1.82) is 0 Å². The highest BCUT2D eigenvalue weighted by molar-refractivity contribution is 6.30. The van der Waals surface area contributed by atoms with Crippen LogP contribution in [0.1, 0.15) is 23.5 Å². The molecule has 110 valence electrons. The molecule has 0 bridgehead atoms. The summed E-state index contributed by atoms with van der Waals surface area (Å²) in [4.78, 5) is 0. The molecule has 2 unspecified atom stereocenters. The number of hydrogen-bond acceptors (Lipinski definition) is 2. The van der Waals surface area contributed by atoms with Crippen LogP contribution in [0, 0.1) is 5.82 Å². The van der Waals surface area contributed by atoms with Gasteiger partial charge in [-0.2, -0.15) is 0 Å². The van der Waals surface area contributed by atoms with E-state index in [1.807, 2.05) is 24.3 Å². The molecular formula is C17H17ClFNO. The van der Waals surface area contributed by atoms with Gasteiger partial charge in [-0.25, -0.2) is 4.39 Å². The molecule has 1 aliphatic heterocycles. The second-order valence-electron chi connectivity index (χ2n) is 5.40. The summed E-state index contributed by atoms with van der Waals surface area (Å²) in [7, 11) is 0. The molecule has 2 aromatic rings. The van der Waals surface area contributed by atoms with Gasteiger partial charge in [-0.1, -0.05) is 35.9 Å². The Balaban J connectivity index is 1.80. The zero-order valence-electron chi connectivity index (χ0n) is 11.6. The maximum absolute atomic E-state index is 13.5. The first-order valence-electron chi connectivity index (χ1n) is 7.06. The van der Waals surface area contributed by atoms with E-state index in [4.69, 9.17) is 22.1 Å². The van der Waals surface area contributed by atoms with E-state index in [2.05, 4.69) is 6.07 Å². The van der Waals surface area contributed by atoms with Crippen molar-refractivity contribution >= 4 is 11.6 Å². The van der Waals surface area contributed by atoms with Gasteiger partial charge in [0.2, 0.25) is 0 Å². The lowest BCUT2D eigenvalue weighted by atomic mass is 9.84. The Hall–Kier alpha value is -1.58. The minimum Gasteiger partial charge on any atom is -0.493 e. The molecule has 21 heavy (non-hydrogen) atoms. The lowest BCUT2D eigenvalue weighted by Crippen LogP contribution is -2.34. The van der Waals surface area contributed by atoms with E-state index in [-0.39, 0.29) is 17.0 Å². The van der Waals surface area contributed by atoms with E-state index >= 15 is 0 Å². The van der Waals surface area contributed by atoms with Crippen molar-refractivity contribution in [3.8, 4) is 5.75 Å². The standard InChI is InChI=1S/C17H17ClFNO/c18-14-6-5-11(9-15(14)19)10-16(20)12-7-8-21-17-4-2-1-3-13(12)17/h1-6,9,12,16H,7-8,10,20H2. The molecule has 4 heteroatoms. The molecule has 1 heterocycles. The Bertz CT molecular complexity index is 646. The molecule has 3 rings (SSSR count). The first-order chi connectivity index (χ1) is 10.1. The van der Waals surface area contributed by atoms with Gasteiger partial charge in [0.15, 0.2) is 0 Å². The fourth-order valence-corrected chi connectivity index (χ4v) is 3.01. The molecule has 0 saturated heterocycles. The van der Waals surface area contributed by atoms with Crippen molar-refractivity contribution in [3.05, 3.63) is 64.4 Å². The van der Waals surface area contributed by atoms with Crippen LogP contribution in [0.4, 0.5) is 4.39 Å². The molecule has 0 aliphatic carbocycles. The number of fused-ring (bicyclic) bond motifs is 1. The van der Waals surface area contributed by atoms with Crippen LogP contribution in [0.5, 0.6) is 5.75 Å². The summed E-state index contributed by atoms with van der Waals surface area (Å²) < 4.78 is 19.2. The molecular weight excluding hydrogens is 289 g/mol. The quantitative estimate of drug-likeness (QED) is 0.933. The fourth-order valence-electron chi connectivity index (χ4n) is 2.90. The van der Waals surface area contributed by atoms with E-state index in [1.54, 1.807) is 6.07 Å². The molecule has 0 saturated carbocycles. The second kappa shape index (κ2) is 6.04. The lowest BCUT2D eigenvalue weighted by molar-refractivity contribution is 0.254. The highest BCUT2D eigenvalue weighted by atomic mass is 35.5. The fraction of sp³-hybridized carbons (Fsp3) is 0.294. The van der Waals surface area contributed by atoms with Crippen LogP contribution in [0.15, 0.2) is 42.5 Å². The van der Waals surface area contributed by atoms with Gasteiger partial charge in [-0.05, 0) is 42.2 Å². The van der Waals surface area contributed by atoms with Gasteiger partial charge in [-0.15, -0.1) is 0 Å². The van der Waals surface area contributed by atoms with Gasteiger partial charge >= 0.3 is 0 Å². The van der Waals surface area contributed by atoms with Gasteiger partial charge in [0, 0.05) is 12.0 Å². The van der Waals surface area contributed by atoms with Crippen LogP contribution in [0.3, 0.4) is 0 Å². The number of benzene rings is 2. The topological polar surface area (TPSA) is 35.2 Å². The predicted octanol–water partition coefficient (Wildman–Crippen LogP) is 3.92. The first kappa shape index (κ1) is 14.4. The summed E-state index contributed by atoms with van der Waals surface area (Å²) in [5, 5.41) is 0.142. The smallest absolute Gasteiger partial charge is 0.142 e. The average molecular weight is 306 g/mol. The summed E-state index contributed by atoms with van der Waals surface area (Å²) in [5.74, 6) is 0.744. The largest absolute Gasteiger partial charge is 0.493 e. The van der Waals surface area contributed by atoms with Crippen LogP contribution in [-0.4, -0.2) is 12.6 Å². The summed E-state index contributed by atoms with van der Waals surface area (Å²) >= 11 is 5.71. The first-order valence-corrected chi connectivity index (χ1v) is 7.44. The van der Waals surface area contributed by atoms with Crippen molar-refractivity contribution in [2.75, 3.05) is 6.61 Å². The van der Waals surface area contributed by atoms with E-state index in [9.17, 15) is 4.39 Å². The van der Waals surface area contributed by atoms with Crippen molar-refractivity contribution in [3.63, 3.8) is 0 Å². The average Bonchev–Trinajstić information content (AvgIpc) is 2.50. The lowest BCUT2D eigenvalue weighted by Gasteiger charge is -2.30. The second-order valence-corrected chi connectivity index (χ2v) is 5.81. The highest BCUT2D eigenvalue weighted by Gasteiger charge is 2.26. The van der Waals surface area contributed by atoms with Gasteiger partial charge < -0.3 is 10.5 Å². The Morgan fingerprint density at radius 3 is 2.90 bits per heavy atom. The maximum atomic E-state index is 13.5. The van der Waals surface area contributed by atoms with Gasteiger partial charge in [0.05, 0.1) is 11.6 Å². The predicted molar refractivity (Wildman–Crippen MR) is 82.4 cm³/mol. The van der Waals surface area contributed by atoms with E-state index < -0.39 is 5.82 Å². The van der Waals surface area contributed by atoms with Crippen molar-refractivity contribution < 1.29 is 9.13 Å². The molecule has 0 aromatic heterocycles. The molecule has 2 aromatic carbocycles. The zero-order chi connectivity index (χ0) is 14.8. The molecule has 2 nitrogen and oxygen atoms in total. The number of rotatable bonds is 3. The maximum Gasteiger partial charge on any atom is 0.142 e. The van der Waals surface area contributed by atoms with Gasteiger partial charge in [0.25, 0.3) is 0 Å². The minimum atomic E-state index is -0.395. The highest BCUT2D eigenvalue weighted by Crippen LogP contribution is 2.35. The third-order valence-corrected chi connectivity index (χ3v) is 4.28. The molecule has 0 spiro atoms. The molecule has 0 fully saturated rings. The number of ether oxygens (including phenoxy) is 1. The summed E-state index contributed by atoms with van der Waals surface area (Å²) in [6.45, 7) is 0.671. The molecule has 2 N–H and O–H groups in total.